The van der Waals surface area contributed by atoms with Crippen molar-refractivity contribution >= 4 is 17.2 Å². The molecule has 4 nitrogen and oxygen atoms in total. The zero-order chi connectivity index (χ0) is 13.2. The number of aryl methyl sites for hydroxylation is 1. The van der Waals surface area contributed by atoms with Crippen molar-refractivity contribution in [1.82, 2.24) is 14.5 Å². The Balaban J connectivity index is 1.62. The van der Waals surface area contributed by atoms with Crippen LogP contribution in [-0.4, -0.2) is 34.0 Å². The number of imidazole rings is 1. The van der Waals surface area contributed by atoms with E-state index in [1.54, 1.807) is 0 Å². The molecule has 19 heavy (non-hydrogen) atoms. The van der Waals surface area contributed by atoms with Gasteiger partial charge in [-0.2, -0.15) is 0 Å². The first kappa shape index (κ1) is 12.4. The van der Waals surface area contributed by atoms with Crippen LogP contribution in [0.1, 0.15) is 21.9 Å². The van der Waals surface area contributed by atoms with E-state index in [1.165, 1.54) is 11.3 Å². The van der Waals surface area contributed by atoms with Crippen LogP contribution in [0.5, 0.6) is 0 Å². The summed E-state index contributed by atoms with van der Waals surface area (Å²) in [5.41, 5.74) is 0. The van der Waals surface area contributed by atoms with Gasteiger partial charge in [-0.1, -0.05) is 6.07 Å². The number of hydrogen-bond donors (Lipinski definition) is 0. The number of fused-ring (bicyclic) bond motifs is 1. The van der Waals surface area contributed by atoms with Gasteiger partial charge in [0, 0.05) is 39.0 Å². The molecule has 0 saturated carbocycles. The highest BCUT2D eigenvalue weighted by Gasteiger charge is 2.22. The molecule has 1 amide bonds. The Morgan fingerprint density at radius 1 is 1.63 bits per heavy atom. The molecule has 5 heteroatoms. The molecule has 1 aliphatic rings. The highest BCUT2D eigenvalue weighted by Crippen LogP contribution is 2.21. The van der Waals surface area contributed by atoms with Gasteiger partial charge in [-0.15, -0.1) is 11.3 Å². The predicted octanol–water partition coefficient (Wildman–Crippen LogP) is 2.28. The third-order valence-electron chi connectivity index (χ3n) is 3.66. The monoisotopic (exact) mass is 275 g/mol. The second kappa shape index (κ2) is 5.17. The van der Waals surface area contributed by atoms with E-state index in [1.807, 2.05) is 41.9 Å². The molecule has 1 atom stereocenters. The molecular formula is C14H17N3OS. The standard InChI is InChI=1S/C14H17N3OS/c1-16(14(18)12-3-2-8-19-12)10-11-4-6-17-7-5-15-13(17)9-11/h2-3,5,7-8,11H,4,6,9-10H2,1H3/t11-/m1/s1. The maximum absolute atomic E-state index is 12.2. The molecule has 1 aliphatic heterocycles. The van der Waals surface area contributed by atoms with Crippen LogP contribution in [0.15, 0.2) is 29.9 Å². The van der Waals surface area contributed by atoms with Crippen LogP contribution in [-0.2, 0) is 13.0 Å². The summed E-state index contributed by atoms with van der Waals surface area (Å²) in [5, 5.41) is 1.94. The van der Waals surface area contributed by atoms with E-state index in [4.69, 9.17) is 0 Å². The normalized spacial score (nSPS) is 18.1. The molecule has 2 aromatic heterocycles. The molecule has 0 unspecified atom stereocenters. The fourth-order valence-corrected chi connectivity index (χ4v) is 3.35. The number of amides is 1. The number of thiophene rings is 1. The van der Waals surface area contributed by atoms with Gasteiger partial charge in [0.15, 0.2) is 0 Å². The molecular weight excluding hydrogens is 258 g/mol. The lowest BCUT2D eigenvalue weighted by Crippen LogP contribution is -2.34. The van der Waals surface area contributed by atoms with Gasteiger partial charge in [-0.25, -0.2) is 4.98 Å². The fraction of sp³-hybridized carbons (Fsp3) is 0.429. The van der Waals surface area contributed by atoms with Crippen LogP contribution in [0, 0.1) is 5.92 Å². The average Bonchev–Trinajstić information content (AvgIpc) is 3.08. The van der Waals surface area contributed by atoms with Crippen molar-refractivity contribution in [1.29, 1.82) is 0 Å². The average molecular weight is 275 g/mol. The van der Waals surface area contributed by atoms with Crippen LogP contribution in [0.2, 0.25) is 0 Å². The summed E-state index contributed by atoms with van der Waals surface area (Å²) in [5.74, 6) is 1.79. The molecule has 0 N–H and O–H groups in total. The van der Waals surface area contributed by atoms with E-state index >= 15 is 0 Å². The van der Waals surface area contributed by atoms with Crippen LogP contribution in [0.3, 0.4) is 0 Å². The minimum absolute atomic E-state index is 0.129. The van der Waals surface area contributed by atoms with Gasteiger partial charge >= 0.3 is 0 Å². The topological polar surface area (TPSA) is 38.1 Å². The first-order valence-corrected chi connectivity index (χ1v) is 7.41. The summed E-state index contributed by atoms with van der Waals surface area (Å²) in [7, 11) is 1.89. The Hall–Kier alpha value is -1.62. The summed E-state index contributed by atoms with van der Waals surface area (Å²) >= 11 is 1.50. The van der Waals surface area contributed by atoms with Crippen molar-refractivity contribution in [2.45, 2.75) is 19.4 Å². The number of aromatic nitrogens is 2. The number of rotatable bonds is 3. The molecule has 0 saturated heterocycles. The molecule has 0 radical (unpaired) electrons. The van der Waals surface area contributed by atoms with Crippen LogP contribution in [0.4, 0.5) is 0 Å². The second-order valence-electron chi connectivity index (χ2n) is 5.06. The van der Waals surface area contributed by atoms with Gasteiger partial charge in [-0.3, -0.25) is 4.79 Å². The smallest absolute Gasteiger partial charge is 0.263 e. The van der Waals surface area contributed by atoms with Crippen LogP contribution in [0.25, 0.3) is 0 Å². The van der Waals surface area contributed by atoms with Crippen molar-refractivity contribution in [2.75, 3.05) is 13.6 Å². The van der Waals surface area contributed by atoms with Gasteiger partial charge in [0.25, 0.3) is 5.91 Å². The summed E-state index contributed by atoms with van der Waals surface area (Å²) in [6, 6.07) is 3.81. The lowest BCUT2D eigenvalue weighted by molar-refractivity contribution is 0.0769. The summed E-state index contributed by atoms with van der Waals surface area (Å²) in [4.78, 5) is 19.2. The van der Waals surface area contributed by atoms with Crippen molar-refractivity contribution in [3.63, 3.8) is 0 Å². The lowest BCUT2D eigenvalue weighted by atomic mass is 9.97. The minimum Gasteiger partial charge on any atom is -0.341 e. The summed E-state index contributed by atoms with van der Waals surface area (Å²) in [6.07, 6.45) is 5.98. The number of nitrogens with zero attached hydrogens (tertiary/aromatic N) is 3. The highest BCUT2D eigenvalue weighted by molar-refractivity contribution is 7.12. The first-order valence-electron chi connectivity index (χ1n) is 6.53. The molecule has 0 aromatic carbocycles. The minimum atomic E-state index is 0.129. The Bertz CT molecular complexity index is 561. The van der Waals surface area contributed by atoms with E-state index in [0.717, 1.165) is 36.6 Å². The van der Waals surface area contributed by atoms with Crippen molar-refractivity contribution in [3.05, 3.63) is 40.6 Å². The van der Waals surface area contributed by atoms with E-state index in [9.17, 15) is 4.79 Å². The highest BCUT2D eigenvalue weighted by atomic mass is 32.1. The van der Waals surface area contributed by atoms with E-state index < -0.39 is 0 Å². The fourth-order valence-electron chi connectivity index (χ4n) is 2.63. The Kier molecular flexibility index (Phi) is 3.38. The molecule has 3 heterocycles. The third-order valence-corrected chi connectivity index (χ3v) is 4.52. The molecule has 3 rings (SSSR count). The Labute approximate surface area is 116 Å². The molecule has 100 valence electrons. The van der Waals surface area contributed by atoms with Crippen LogP contribution < -0.4 is 0 Å². The Morgan fingerprint density at radius 3 is 3.32 bits per heavy atom. The van der Waals surface area contributed by atoms with Crippen molar-refractivity contribution < 1.29 is 4.79 Å². The van der Waals surface area contributed by atoms with Gasteiger partial charge in [0.1, 0.15) is 5.82 Å². The second-order valence-corrected chi connectivity index (χ2v) is 6.01. The number of hydrogen-bond acceptors (Lipinski definition) is 3. The molecule has 0 fully saturated rings. The quantitative estimate of drug-likeness (QED) is 0.862. The van der Waals surface area contributed by atoms with Gasteiger partial charge < -0.3 is 9.47 Å². The van der Waals surface area contributed by atoms with E-state index in [2.05, 4.69) is 9.55 Å². The predicted molar refractivity (Wildman–Crippen MR) is 75.3 cm³/mol. The van der Waals surface area contributed by atoms with E-state index in [-0.39, 0.29) is 5.91 Å². The maximum atomic E-state index is 12.2. The lowest BCUT2D eigenvalue weighted by Gasteiger charge is -2.27. The van der Waals surface area contributed by atoms with Crippen LogP contribution >= 0.6 is 11.3 Å². The summed E-state index contributed by atoms with van der Waals surface area (Å²) < 4.78 is 2.21. The Morgan fingerprint density at radius 2 is 2.53 bits per heavy atom. The SMILES string of the molecule is CN(C[C@@H]1CCn2ccnc2C1)C(=O)c1cccs1. The molecule has 0 spiro atoms. The molecule has 2 aromatic rings. The largest absolute Gasteiger partial charge is 0.341 e. The van der Waals surface area contributed by atoms with Crippen molar-refractivity contribution in [3.8, 4) is 0 Å². The van der Waals surface area contributed by atoms with Crippen molar-refractivity contribution in [2.24, 2.45) is 5.92 Å². The first-order chi connectivity index (χ1) is 9.24. The molecule has 0 aliphatic carbocycles. The third kappa shape index (κ3) is 2.56. The number of carbonyl (C=O) groups is 1. The summed E-state index contributed by atoms with van der Waals surface area (Å²) in [6.45, 7) is 1.82. The molecule has 0 bridgehead atoms. The maximum Gasteiger partial charge on any atom is 0.263 e. The van der Waals surface area contributed by atoms with Gasteiger partial charge in [0.05, 0.1) is 4.88 Å². The van der Waals surface area contributed by atoms with Gasteiger partial charge in [-0.05, 0) is 23.8 Å². The zero-order valence-corrected chi connectivity index (χ0v) is 11.8. The van der Waals surface area contributed by atoms with Gasteiger partial charge in [0.2, 0.25) is 0 Å². The number of carbonyl (C=O) groups excluding carboxylic acids is 1. The zero-order valence-electron chi connectivity index (χ0n) is 11.0. The van der Waals surface area contributed by atoms with E-state index in [0.29, 0.717) is 5.92 Å².